The molecule has 0 unspecified atom stereocenters. The molecule has 1 atom stereocenters. The fourth-order valence-corrected chi connectivity index (χ4v) is 5.13. The van der Waals surface area contributed by atoms with Crippen LogP contribution in [0, 0.1) is 0 Å². The molecule has 1 aliphatic heterocycles. The molecule has 3 nitrogen and oxygen atoms in total. The average Bonchev–Trinajstić information content (AvgIpc) is 3.31. The van der Waals surface area contributed by atoms with Crippen molar-refractivity contribution in [1.29, 1.82) is 0 Å². The van der Waals surface area contributed by atoms with Gasteiger partial charge >= 0.3 is 0 Å². The number of carbonyl (C=O) groups is 1. The Hall–Kier alpha value is -2.11. The normalized spacial score (nSPS) is 16.6. The molecule has 1 aliphatic rings. The number of amides is 1. The van der Waals surface area contributed by atoms with Crippen molar-refractivity contribution in [3.8, 4) is 0 Å². The predicted octanol–water partition coefficient (Wildman–Crippen LogP) is 4.66. The lowest BCUT2D eigenvalue weighted by Crippen LogP contribution is -2.39. The van der Waals surface area contributed by atoms with Gasteiger partial charge in [0.25, 0.3) is 5.91 Å². The first-order valence-corrected chi connectivity index (χ1v) is 10.1. The maximum Gasteiger partial charge on any atom is 0.254 e. The summed E-state index contributed by atoms with van der Waals surface area (Å²) in [6, 6.07) is 14.3. The van der Waals surface area contributed by atoms with Gasteiger partial charge in [-0.15, -0.1) is 22.7 Å². The summed E-state index contributed by atoms with van der Waals surface area (Å²) in [7, 11) is 3.99. The van der Waals surface area contributed by atoms with Gasteiger partial charge in [0.15, 0.2) is 0 Å². The van der Waals surface area contributed by atoms with Crippen molar-refractivity contribution in [1.82, 2.24) is 4.90 Å². The lowest BCUT2D eigenvalue weighted by Gasteiger charge is -2.35. The Bertz CT molecular complexity index is 883. The molecule has 0 bridgehead atoms. The lowest BCUT2D eigenvalue weighted by molar-refractivity contribution is 0.0699. The summed E-state index contributed by atoms with van der Waals surface area (Å²) in [5.41, 5.74) is 3.09. The van der Waals surface area contributed by atoms with Crippen LogP contribution in [0.1, 0.15) is 31.7 Å². The van der Waals surface area contributed by atoms with Crippen molar-refractivity contribution in [2.24, 2.45) is 0 Å². The van der Waals surface area contributed by atoms with E-state index in [4.69, 9.17) is 0 Å². The molecular weight excluding hydrogens is 348 g/mol. The maximum absolute atomic E-state index is 13.3. The monoisotopic (exact) mass is 368 g/mol. The summed E-state index contributed by atoms with van der Waals surface area (Å²) in [6.07, 6.45) is 0.938. The van der Waals surface area contributed by atoms with E-state index in [1.54, 1.807) is 22.7 Å². The fraction of sp³-hybridized carbons (Fsp3) is 0.250. The van der Waals surface area contributed by atoms with Crippen molar-refractivity contribution in [2.75, 3.05) is 25.5 Å². The highest BCUT2D eigenvalue weighted by molar-refractivity contribution is 7.10. The Balaban J connectivity index is 1.73. The van der Waals surface area contributed by atoms with Gasteiger partial charge in [0.2, 0.25) is 0 Å². The summed E-state index contributed by atoms with van der Waals surface area (Å²) in [6.45, 7) is 0.765. The van der Waals surface area contributed by atoms with Crippen LogP contribution in [-0.4, -0.2) is 31.4 Å². The van der Waals surface area contributed by atoms with Crippen molar-refractivity contribution in [3.63, 3.8) is 0 Å². The largest absolute Gasteiger partial charge is 0.378 e. The second kappa shape index (κ2) is 6.65. The fourth-order valence-electron chi connectivity index (χ4n) is 3.37. The van der Waals surface area contributed by atoms with Crippen LogP contribution in [0.25, 0.3) is 0 Å². The molecule has 1 aromatic carbocycles. The van der Waals surface area contributed by atoms with E-state index in [1.165, 1.54) is 15.3 Å². The van der Waals surface area contributed by atoms with Gasteiger partial charge in [0.1, 0.15) is 0 Å². The molecule has 3 aromatic rings. The van der Waals surface area contributed by atoms with Crippen LogP contribution in [0.3, 0.4) is 0 Å². The SMILES string of the molecule is CN(C)c1cccc(C(=O)N2CCc3sccc3[C@H]2c2cccs2)c1. The molecule has 0 N–H and O–H groups in total. The van der Waals surface area contributed by atoms with E-state index in [1.807, 2.05) is 48.2 Å². The highest BCUT2D eigenvalue weighted by Gasteiger charge is 2.33. The molecule has 0 radical (unpaired) electrons. The highest BCUT2D eigenvalue weighted by Crippen LogP contribution is 2.40. The molecule has 2 aromatic heterocycles. The van der Waals surface area contributed by atoms with E-state index in [0.717, 1.165) is 24.2 Å². The van der Waals surface area contributed by atoms with Gasteiger partial charge in [-0.1, -0.05) is 12.1 Å². The molecular formula is C20H20N2OS2. The van der Waals surface area contributed by atoms with Crippen LogP contribution in [0.2, 0.25) is 0 Å². The Kier molecular flexibility index (Phi) is 4.36. The number of thiophene rings is 2. The van der Waals surface area contributed by atoms with Crippen LogP contribution in [0.5, 0.6) is 0 Å². The third-order valence-corrected chi connectivity index (χ3v) is 6.57. The van der Waals surface area contributed by atoms with Crippen molar-refractivity contribution < 1.29 is 4.79 Å². The number of benzene rings is 1. The zero-order valence-corrected chi connectivity index (χ0v) is 15.9. The van der Waals surface area contributed by atoms with Crippen molar-refractivity contribution >= 4 is 34.3 Å². The third kappa shape index (κ3) is 2.98. The topological polar surface area (TPSA) is 23.6 Å². The van der Waals surface area contributed by atoms with Crippen LogP contribution in [0.4, 0.5) is 5.69 Å². The first kappa shape index (κ1) is 16.4. The van der Waals surface area contributed by atoms with Gasteiger partial charge in [0.05, 0.1) is 6.04 Å². The second-order valence-electron chi connectivity index (χ2n) is 6.41. The van der Waals surface area contributed by atoms with E-state index < -0.39 is 0 Å². The Morgan fingerprint density at radius 1 is 1.12 bits per heavy atom. The molecule has 5 heteroatoms. The minimum atomic E-state index is 0.0329. The van der Waals surface area contributed by atoms with Gasteiger partial charge in [-0.3, -0.25) is 4.79 Å². The van der Waals surface area contributed by atoms with E-state index in [0.29, 0.717) is 0 Å². The summed E-state index contributed by atoms with van der Waals surface area (Å²) in [5, 5.41) is 4.23. The number of hydrogen-bond donors (Lipinski definition) is 0. The average molecular weight is 369 g/mol. The quantitative estimate of drug-likeness (QED) is 0.671. The number of anilines is 1. The van der Waals surface area contributed by atoms with Gasteiger partial charge in [0, 0.05) is 41.6 Å². The standard InChI is InChI=1S/C20H20N2OS2/c1-21(2)15-6-3-5-14(13-15)20(23)22-10-8-17-16(9-12-25-17)19(22)18-7-4-11-24-18/h3-7,9,11-13,19H,8,10H2,1-2H3/t19-/m0/s1. The van der Waals surface area contributed by atoms with Crippen LogP contribution in [-0.2, 0) is 6.42 Å². The van der Waals surface area contributed by atoms with E-state index in [9.17, 15) is 4.79 Å². The van der Waals surface area contributed by atoms with Crippen molar-refractivity contribution in [2.45, 2.75) is 12.5 Å². The molecule has 0 aliphatic carbocycles. The zero-order valence-electron chi connectivity index (χ0n) is 14.3. The van der Waals surface area contributed by atoms with Gasteiger partial charge in [-0.05, 0) is 53.1 Å². The summed E-state index contributed by atoms with van der Waals surface area (Å²) in [5.74, 6) is 0.110. The van der Waals surface area contributed by atoms with Crippen LogP contribution >= 0.6 is 22.7 Å². The van der Waals surface area contributed by atoms with E-state index in [-0.39, 0.29) is 11.9 Å². The molecule has 25 heavy (non-hydrogen) atoms. The maximum atomic E-state index is 13.3. The van der Waals surface area contributed by atoms with E-state index in [2.05, 4.69) is 29.0 Å². The van der Waals surface area contributed by atoms with Gasteiger partial charge < -0.3 is 9.80 Å². The second-order valence-corrected chi connectivity index (χ2v) is 8.39. The summed E-state index contributed by atoms with van der Waals surface area (Å²) < 4.78 is 0. The molecule has 3 heterocycles. The minimum Gasteiger partial charge on any atom is -0.378 e. The van der Waals surface area contributed by atoms with Gasteiger partial charge in [-0.25, -0.2) is 0 Å². The number of carbonyl (C=O) groups excluding carboxylic acids is 1. The van der Waals surface area contributed by atoms with Crippen molar-refractivity contribution in [3.05, 3.63) is 74.1 Å². The highest BCUT2D eigenvalue weighted by atomic mass is 32.1. The molecule has 0 saturated heterocycles. The molecule has 0 fully saturated rings. The zero-order chi connectivity index (χ0) is 17.4. The van der Waals surface area contributed by atoms with Crippen LogP contribution < -0.4 is 4.90 Å². The summed E-state index contributed by atoms with van der Waals surface area (Å²) >= 11 is 3.53. The first-order valence-electron chi connectivity index (χ1n) is 8.33. The smallest absolute Gasteiger partial charge is 0.254 e. The Morgan fingerprint density at radius 3 is 2.76 bits per heavy atom. The van der Waals surface area contributed by atoms with Gasteiger partial charge in [-0.2, -0.15) is 0 Å². The third-order valence-electron chi connectivity index (χ3n) is 4.65. The Labute approximate surface area is 156 Å². The molecule has 128 valence electrons. The first-order chi connectivity index (χ1) is 12.1. The molecule has 1 amide bonds. The number of rotatable bonds is 3. The summed E-state index contributed by atoms with van der Waals surface area (Å²) in [4.78, 5) is 20.0. The number of nitrogens with zero attached hydrogens (tertiary/aromatic N) is 2. The molecule has 0 saturated carbocycles. The lowest BCUT2D eigenvalue weighted by atomic mass is 9.97. The Morgan fingerprint density at radius 2 is 2.00 bits per heavy atom. The minimum absolute atomic E-state index is 0.0329. The van der Waals surface area contributed by atoms with E-state index >= 15 is 0 Å². The number of hydrogen-bond acceptors (Lipinski definition) is 4. The van der Waals surface area contributed by atoms with Crippen LogP contribution in [0.15, 0.2) is 53.2 Å². The molecule has 4 rings (SSSR count). The predicted molar refractivity (Wildman–Crippen MR) is 106 cm³/mol. The molecule has 0 spiro atoms. The number of fused-ring (bicyclic) bond motifs is 1.